The van der Waals surface area contributed by atoms with Gasteiger partial charge in [-0.15, -0.1) is 0 Å². The van der Waals surface area contributed by atoms with Gasteiger partial charge in [-0.05, 0) is 29.5 Å². The van der Waals surface area contributed by atoms with Gasteiger partial charge in [-0.3, -0.25) is 9.59 Å². The lowest BCUT2D eigenvalue weighted by atomic mass is 9.81. The molecule has 10 heteroatoms. The molecule has 2 aromatic carbocycles. The first-order valence-electron chi connectivity index (χ1n) is 11.9. The third-order valence-electron chi connectivity index (χ3n) is 6.06. The summed E-state index contributed by atoms with van der Waals surface area (Å²) in [6.07, 6.45) is 1.93. The summed E-state index contributed by atoms with van der Waals surface area (Å²) in [5.41, 5.74) is 6.97. The fraction of sp³-hybridized carbons (Fsp3) is 0.370. The molecule has 1 heterocycles. The van der Waals surface area contributed by atoms with E-state index in [1.165, 1.54) is 9.58 Å². The van der Waals surface area contributed by atoms with Crippen molar-refractivity contribution in [3.63, 3.8) is 0 Å². The van der Waals surface area contributed by atoms with Gasteiger partial charge in [-0.2, -0.15) is 5.10 Å². The van der Waals surface area contributed by atoms with E-state index >= 15 is 0 Å². The molecule has 1 aromatic heterocycles. The van der Waals surface area contributed by atoms with Crippen molar-refractivity contribution < 1.29 is 28.6 Å². The predicted octanol–water partition coefficient (Wildman–Crippen LogP) is 3.45. The van der Waals surface area contributed by atoms with Crippen molar-refractivity contribution in [2.24, 2.45) is 11.1 Å². The van der Waals surface area contributed by atoms with Crippen LogP contribution < -0.4 is 5.73 Å². The highest BCUT2D eigenvalue weighted by molar-refractivity contribution is 5.78. The summed E-state index contributed by atoms with van der Waals surface area (Å²) in [6.45, 7) is 4.77. The summed E-state index contributed by atoms with van der Waals surface area (Å²) >= 11 is 0. The quantitative estimate of drug-likeness (QED) is 0.381. The summed E-state index contributed by atoms with van der Waals surface area (Å²) in [6, 6.07) is 10.6. The Hall–Kier alpha value is -3.63. The van der Waals surface area contributed by atoms with Gasteiger partial charge < -0.3 is 20.8 Å². The average molecular weight is 515 g/mol. The predicted molar refractivity (Wildman–Crippen MR) is 134 cm³/mol. The number of benzene rings is 2. The van der Waals surface area contributed by atoms with E-state index in [0.29, 0.717) is 17.7 Å². The fourth-order valence-corrected chi connectivity index (χ4v) is 4.31. The van der Waals surface area contributed by atoms with E-state index in [0.717, 1.165) is 23.8 Å². The lowest BCUT2D eigenvalue weighted by Gasteiger charge is -2.40. The van der Waals surface area contributed by atoms with Gasteiger partial charge in [0.2, 0.25) is 5.91 Å². The van der Waals surface area contributed by atoms with Crippen LogP contribution in [0.5, 0.6) is 0 Å². The van der Waals surface area contributed by atoms with Crippen LogP contribution in [0.25, 0.3) is 5.69 Å². The standard InChI is InChI=1S/C27H32F2N4O4/c1-27(2,3)25(32(23(35)16-34)12-11-21(30)26(36)37)24-18(13-17-7-5-4-6-8-17)15-33(31-24)22-14-19(28)9-10-20(22)29/h4-10,14-15,21,25,34H,11-13,16,30H2,1-3H3,(H,36,37)/t21-,25-/m0/s1. The number of hydrogen-bond donors (Lipinski definition) is 3. The van der Waals surface area contributed by atoms with Gasteiger partial charge in [-0.25, -0.2) is 13.5 Å². The normalized spacial score (nSPS) is 13.3. The van der Waals surface area contributed by atoms with E-state index in [2.05, 4.69) is 5.10 Å². The van der Waals surface area contributed by atoms with Crippen molar-refractivity contribution >= 4 is 11.9 Å². The first kappa shape index (κ1) is 27.9. The van der Waals surface area contributed by atoms with Gasteiger partial charge in [-0.1, -0.05) is 51.1 Å². The van der Waals surface area contributed by atoms with E-state index in [4.69, 9.17) is 5.73 Å². The Morgan fingerprint density at radius 3 is 2.41 bits per heavy atom. The van der Waals surface area contributed by atoms with Gasteiger partial charge in [0.05, 0.1) is 11.7 Å². The maximum absolute atomic E-state index is 14.7. The SMILES string of the molecule is CC(C)(C)[C@H](c1nn(-c2cc(F)ccc2F)cc1Cc1ccccc1)N(CC[C@H](N)C(=O)O)C(=O)CO. The number of carboxylic acid groups (broad SMARTS) is 1. The minimum atomic E-state index is -1.21. The molecule has 0 aliphatic carbocycles. The molecule has 3 aromatic rings. The van der Waals surface area contributed by atoms with Crippen molar-refractivity contribution in [2.45, 2.75) is 45.7 Å². The number of aliphatic hydroxyl groups excluding tert-OH is 1. The van der Waals surface area contributed by atoms with Crippen molar-refractivity contribution in [3.05, 3.63) is 83.2 Å². The maximum Gasteiger partial charge on any atom is 0.320 e. The second-order valence-electron chi connectivity index (χ2n) is 9.99. The molecule has 3 rings (SSSR count). The van der Waals surface area contributed by atoms with Gasteiger partial charge in [0, 0.05) is 30.8 Å². The van der Waals surface area contributed by atoms with Crippen LogP contribution in [0.2, 0.25) is 0 Å². The third-order valence-corrected chi connectivity index (χ3v) is 6.06. The Kier molecular flexibility index (Phi) is 8.77. The molecule has 0 unspecified atom stereocenters. The summed E-state index contributed by atoms with van der Waals surface area (Å²) < 4.78 is 29.9. The largest absolute Gasteiger partial charge is 0.480 e. The number of hydrogen-bond acceptors (Lipinski definition) is 5. The number of aliphatic carboxylic acids is 1. The molecule has 0 aliphatic heterocycles. The zero-order chi connectivity index (χ0) is 27.3. The number of halogens is 2. The minimum Gasteiger partial charge on any atom is -0.480 e. The highest BCUT2D eigenvalue weighted by atomic mass is 19.1. The monoisotopic (exact) mass is 514 g/mol. The Balaban J connectivity index is 2.18. The van der Waals surface area contributed by atoms with Crippen LogP contribution >= 0.6 is 0 Å². The van der Waals surface area contributed by atoms with Crippen LogP contribution in [0.3, 0.4) is 0 Å². The molecule has 0 fully saturated rings. The summed E-state index contributed by atoms with van der Waals surface area (Å²) in [5, 5.41) is 23.6. The highest BCUT2D eigenvalue weighted by Gasteiger charge is 2.38. The van der Waals surface area contributed by atoms with Gasteiger partial charge in [0.1, 0.15) is 30.0 Å². The highest BCUT2D eigenvalue weighted by Crippen LogP contribution is 2.40. The van der Waals surface area contributed by atoms with Crippen LogP contribution in [-0.4, -0.2) is 56.0 Å². The number of carboxylic acids is 1. The van der Waals surface area contributed by atoms with Crippen molar-refractivity contribution in [1.29, 1.82) is 0 Å². The number of aliphatic hydroxyl groups is 1. The number of nitrogens with zero attached hydrogens (tertiary/aromatic N) is 3. The molecule has 1 amide bonds. The summed E-state index contributed by atoms with van der Waals surface area (Å²) in [5.74, 6) is -3.15. The number of nitrogens with two attached hydrogens (primary N) is 1. The van der Waals surface area contributed by atoms with Gasteiger partial charge >= 0.3 is 5.97 Å². The lowest BCUT2D eigenvalue weighted by Crippen LogP contribution is -2.45. The zero-order valence-electron chi connectivity index (χ0n) is 21.1. The Labute approximate surface area is 214 Å². The van der Waals surface area contributed by atoms with E-state index in [1.807, 2.05) is 51.1 Å². The molecule has 0 radical (unpaired) electrons. The van der Waals surface area contributed by atoms with Gasteiger partial charge in [0.15, 0.2) is 0 Å². The molecular weight excluding hydrogens is 482 g/mol. The Morgan fingerprint density at radius 1 is 1.14 bits per heavy atom. The molecule has 4 N–H and O–H groups in total. The van der Waals surface area contributed by atoms with Gasteiger partial charge in [0.25, 0.3) is 0 Å². The van der Waals surface area contributed by atoms with E-state index < -0.39 is 47.6 Å². The van der Waals surface area contributed by atoms with E-state index in [9.17, 15) is 28.6 Å². The smallest absolute Gasteiger partial charge is 0.320 e. The van der Waals surface area contributed by atoms with Crippen molar-refractivity contribution in [3.8, 4) is 5.69 Å². The Bertz CT molecular complexity index is 1240. The zero-order valence-corrected chi connectivity index (χ0v) is 21.1. The molecule has 0 aliphatic rings. The summed E-state index contributed by atoms with van der Waals surface area (Å²) in [4.78, 5) is 25.6. The van der Waals surface area contributed by atoms with E-state index in [-0.39, 0.29) is 18.7 Å². The third kappa shape index (κ3) is 6.78. The first-order chi connectivity index (χ1) is 17.4. The topological polar surface area (TPSA) is 122 Å². The molecule has 198 valence electrons. The van der Waals surface area contributed by atoms with Crippen LogP contribution in [0.4, 0.5) is 8.78 Å². The van der Waals surface area contributed by atoms with Crippen LogP contribution in [0, 0.1) is 17.0 Å². The molecule has 0 bridgehead atoms. The molecule has 8 nitrogen and oxygen atoms in total. The van der Waals surface area contributed by atoms with Crippen LogP contribution in [-0.2, 0) is 16.0 Å². The number of carbonyl (C=O) groups is 2. The minimum absolute atomic E-state index is 0.0547. The molecule has 0 saturated heterocycles. The van der Waals surface area contributed by atoms with E-state index in [1.54, 1.807) is 6.20 Å². The second-order valence-corrected chi connectivity index (χ2v) is 9.99. The number of aromatic nitrogens is 2. The fourth-order valence-electron chi connectivity index (χ4n) is 4.31. The number of carbonyl (C=O) groups excluding carboxylic acids is 1. The Morgan fingerprint density at radius 2 is 1.81 bits per heavy atom. The molecule has 0 spiro atoms. The number of amides is 1. The van der Waals surface area contributed by atoms with Crippen LogP contribution in [0.15, 0.2) is 54.7 Å². The molecular formula is C27H32F2N4O4. The molecule has 0 saturated carbocycles. The molecule has 2 atom stereocenters. The first-order valence-corrected chi connectivity index (χ1v) is 11.9. The second kappa shape index (κ2) is 11.6. The average Bonchev–Trinajstić information content (AvgIpc) is 3.24. The summed E-state index contributed by atoms with van der Waals surface area (Å²) in [7, 11) is 0. The maximum atomic E-state index is 14.7. The number of rotatable bonds is 10. The molecule has 37 heavy (non-hydrogen) atoms. The van der Waals surface area contributed by atoms with Crippen LogP contribution in [0.1, 0.15) is 50.1 Å². The van der Waals surface area contributed by atoms with Crippen molar-refractivity contribution in [1.82, 2.24) is 14.7 Å². The lowest BCUT2D eigenvalue weighted by molar-refractivity contribution is -0.142. The van der Waals surface area contributed by atoms with Crippen molar-refractivity contribution in [2.75, 3.05) is 13.2 Å².